The Balaban J connectivity index is 1.60. The van der Waals surface area contributed by atoms with E-state index < -0.39 is 5.97 Å². The maximum Gasteiger partial charge on any atom is 0.336 e. The summed E-state index contributed by atoms with van der Waals surface area (Å²) < 4.78 is 0. The molecule has 1 aliphatic rings. The topological polar surface area (TPSA) is 53.4 Å². The lowest BCUT2D eigenvalue weighted by Gasteiger charge is -2.17. The molecule has 2 heterocycles. The van der Waals surface area contributed by atoms with Gasteiger partial charge in [0.15, 0.2) is 0 Å². The number of fused-ring (bicyclic) bond motifs is 1. The fraction of sp³-hybridized carbons (Fsp3) is 0.158. The minimum absolute atomic E-state index is 0.319. The molecule has 0 saturated heterocycles. The minimum Gasteiger partial charge on any atom is -0.478 e. The predicted octanol–water partition coefficient (Wildman–Crippen LogP) is 4.07. The second kappa shape index (κ2) is 6.09. The van der Waals surface area contributed by atoms with E-state index in [9.17, 15) is 9.90 Å². The zero-order chi connectivity index (χ0) is 16.5. The molecule has 0 atom stereocenters. The number of rotatable bonds is 4. The molecule has 120 valence electrons. The minimum atomic E-state index is -0.908. The van der Waals surface area contributed by atoms with Gasteiger partial charge in [0.1, 0.15) is 5.01 Å². The zero-order valence-electron chi connectivity index (χ0n) is 13.0. The number of carboxylic acid groups (broad SMARTS) is 1. The first-order valence-corrected chi connectivity index (χ1v) is 8.64. The largest absolute Gasteiger partial charge is 0.478 e. The van der Waals surface area contributed by atoms with Crippen LogP contribution >= 0.6 is 11.3 Å². The summed E-state index contributed by atoms with van der Waals surface area (Å²) in [6.07, 6.45) is 2.85. The monoisotopic (exact) mass is 336 g/mol. The number of para-hydroxylation sites is 1. The van der Waals surface area contributed by atoms with E-state index in [4.69, 9.17) is 0 Å². The smallest absolute Gasteiger partial charge is 0.336 e. The Hall–Kier alpha value is -2.66. The maximum atomic E-state index is 11.4. The molecule has 4 rings (SSSR count). The average Bonchev–Trinajstić information content (AvgIpc) is 3.23. The predicted molar refractivity (Wildman–Crippen MR) is 95.7 cm³/mol. The van der Waals surface area contributed by atoms with Gasteiger partial charge in [-0.2, -0.15) is 0 Å². The number of aromatic carboxylic acids is 1. The van der Waals surface area contributed by atoms with Gasteiger partial charge in [0.25, 0.3) is 0 Å². The lowest BCUT2D eigenvalue weighted by molar-refractivity contribution is 0.0698. The van der Waals surface area contributed by atoms with Crippen molar-refractivity contribution in [2.45, 2.75) is 13.0 Å². The molecule has 5 heteroatoms. The molecule has 1 N–H and O–H groups in total. The first-order valence-electron chi connectivity index (χ1n) is 7.82. The molecule has 0 aliphatic carbocycles. The van der Waals surface area contributed by atoms with E-state index in [1.165, 1.54) is 11.3 Å². The van der Waals surface area contributed by atoms with Crippen LogP contribution in [0.1, 0.15) is 20.9 Å². The zero-order valence-corrected chi connectivity index (χ0v) is 13.8. The van der Waals surface area contributed by atoms with Crippen molar-refractivity contribution in [3.05, 3.63) is 70.9 Å². The second-order valence-corrected chi connectivity index (χ2v) is 6.88. The Bertz CT molecular complexity index is 904. The van der Waals surface area contributed by atoms with Crippen molar-refractivity contribution in [3.63, 3.8) is 0 Å². The second-order valence-electron chi connectivity index (χ2n) is 5.77. The number of thiazole rings is 1. The lowest BCUT2D eigenvalue weighted by Crippen LogP contribution is -2.19. The molecule has 24 heavy (non-hydrogen) atoms. The van der Waals surface area contributed by atoms with E-state index in [2.05, 4.69) is 34.1 Å². The summed E-state index contributed by atoms with van der Waals surface area (Å²) in [5, 5.41) is 10.4. The van der Waals surface area contributed by atoms with Gasteiger partial charge in [-0.25, -0.2) is 9.78 Å². The first-order chi connectivity index (χ1) is 11.7. The number of hydrogen-bond acceptors (Lipinski definition) is 4. The van der Waals surface area contributed by atoms with Gasteiger partial charge in [-0.3, -0.25) is 0 Å². The Morgan fingerprint density at radius 3 is 2.83 bits per heavy atom. The van der Waals surface area contributed by atoms with Crippen LogP contribution in [0.4, 0.5) is 5.69 Å². The van der Waals surface area contributed by atoms with Crippen LogP contribution in [-0.2, 0) is 13.0 Å². The van der Waals surface area contributed by atoms with Crippen LogP contribution in [0.2, 0.25) is 0 Å². The van der Waals surface area contributed by atoms with Gasteiger partial charge >= 0.3 is 5.97 Å². The van der Waals surface area contributed by atoms with Crippen molar-refractivity contribution in [1.82, 2.24) is 4.98 Å². The van der Waals surface area contributed by atoms with Crippen LogP contribution in [0.3, 0.4) is 0 Å². The molecule has 1 aliphatic heterocycles. The van der Waals surface area contributed by atoms with Crippen LogP contribution in [0.25, 0.3) is 10.4 Å². The van der Waals surface area contributed by atoms with Crippen LogP contribution in [0.5, 0.6) is 0 Å². The number of anilines is 1. The van der Waals surface area contributed by atoms with E-state index in [1.807, 2.05) is 12.1 Å². The van der Waals surface area contributed by atoms with Gasteiger partial charge in [0, 0.05) is 24.0 Å². The van der Waals surface area contributed by atoms with Crippen molar-refractivity contribution < 1.29 is 9.90 Å². The van der Waals surface area contributed by atoms with Crippen LogP contribution in [-0.4, -0.2) is 22.6 Å². The van der Waals surface area contributed by atoms with E-state index in [0.29, 0.717) is 5.56 Å². The Labute approximate surface area is 144 Å². The summed E-state index contributed by atoms with van der Waals surface area (Å²) >= 11 is 1.56. The van der Waals surface area contributed by atoms with Crippen LogP contribution in [0.15, 0.2) is 54.7 Å². The van der Waals surface area contributed by atoms with Crippen molar-refractivity contribution >= 4 is 23.0 Å². The number of carboxylic acids is 1. The van der Waals surface area contributed by atoms with Gasteiger partial charge in [0.05, 0.1) is 17.0 Å². The Morgan fingerprint density at radius 2 is 1.96 bits per heavy atom. The van der Waals surface area contributed by atoms with E-state index in [0.717, 1.165) is 35.0 Å². The summed E-state index contributed by atoms with van der Waals surface area (Å²) in [4.78, 5) is 19.1. The molecular formula is C19H16N2O2S. The summed E-state index contributed by atoms with van der Waals surface area (Å²) in [6, 6.07) is 15.5. The fourth-order valence-electron chi connectivity index (χ4n) is 3.13. The highest BCUT2D eigenvalue weighted by Crippen LogP contribution is 2.33. The van der Waals surface area contributed by atoms with E-state index in [-0.39, 0.29) is 0 Å². The highest BCUT2D eigenvalue weighted by molar-refractivity contribution is 7.15. The van der Waals surface area contributed by atoms with Crippen molar-refractivity contribution in [2.75, 3.05) is 11.4 Å². The molecule has 4 nitrogen and oxygen atoms in total. The van der Waals surface area contributed by atoms with Gasteiger partial charge in [-0.1, -0.05) is 36.4 Å². The number of hydrogen-bond donors (Lipinski definition) is 1. The van der Waals surface area contributed by atoms with Crippen LogP contribution < -0.4 is 4.90 Å². The number of carbonyl (C=O) groups is 1. The first kappa shape index (κ1) is 14.9. The highest BCUT2D eigenvalue weighted by atomic mass is 32.1. The molecule has 0 saturated carbocycles. The fourth-order valence-corrected chi connectivity index (χ4v) is 4.10. The third kappa shape index (κ3) is 2.67. The summed E-state index contributed by atoms with van der Waals surface area (Å²) in [7, 11) is 0. The van der Waals surface area contributed by atoms with Crippen molar-refractivity contribution in [1.29, 1.82) is 0 Å². The van der Waals surface area contributed by atoms with Gasteiger partial charge in [-0.15, -0.1) is 11.3 Å². The lowest BCUT2D eigenvalue weighted by atomic mass is 10.1. The quantitative estimate of drug-likeness (QED) is 0.780. The van der Waals surface area contributed by atoms with Crippen LogP contribution in [0, 0.1) is 0 Å². The normalized spacial score (nSPS) is 13.1. The standard InChI is InChI=1S/C19H16N2O2S/c22-19(23)15-7-3-2-6-14(15)17-11-20-18(24-17)12-21-10-9-13-5-1-4-8-16(13)21/h1-8,11H,9-10,12H2,(H,22,23). The average molecular weight is 336 g/mol. The van der Waals surface area contributed by atoms with Gasteiger partial charge < -0.3 is 10.0 Å². The van der Waals surface area contributed by atoms with Crippen molar-refractivity contribution in [2.24, 2.45) is 0 Å². The van der Waals surface area contributed by atoms with E-state index >= 15 is 0 Å². The molecule has 0 amide bonds. The molecule has 0 fully saturated rings. The number of nitrogens with zero attached hydrogens (tertiary/aromatic N) is 2. The molecule has 2 aromatic carbocycles. The maximum absolute atomic E-state index is 11.4. The Morgan fingerprint density at radius 1 is 1.17 bits per heavy atom. The molecule has 0 bridgehead atoms. The highest BCUT2D eigenvalue weighted by Gasteiger charge is 2.20. The third-order valence-electron chi connectivity index (χ3n) is 4.29. The van der Waals surface area contributed by atoms with Gasteiger partial charge in [-0.05, 0) is 24.1 Å². The molecule has 0 radical (unpaired) electrons. The SMILES string of the molecule is O=C(O)c1ccccc1-c1cnc(CN2CCc3ccccc32)s1. The summed E-state index contributed by atoms with van der Waals surface area (Å²) in [5.74, 6) is -0.908. The molecule has 3 aromatic rings. The van der Waals surface area contributed by atoms with Gasteiger partial charge in [0.2, 0.25) is 0 Å². The molecule has 1 aromatic heterocycles. The van der Waals surface area contributed by atoms with Crippen molar-refractivity contribution in [3.8, 4) is 10.4 Å². The number of benzene rings is 2. The summed E-state index contributed by atoms with van der Waals surface area (Å²) in [6.45, 7) is 1.76. The number of aromatic nitrogens is 1. The molecular weight excluding hydrogens is 320 g/mol. The molecule has 0 unspecified atom stereocenters. The summed E-state index contributed by atoms with van der Waals surface area (Å²) in [5.41, 5.74) is 3.71. The molecule has 0 spiro atoms. The van der Waals surface area contributed by atoms with E-state index in [1.54, 1.807) is 29.7 Å². The third-order valence-corrected chi connectivity index (χ3v) is 5.30. The Kier molecular flexibility index (Phi) is 3.78.